The Morgan fingerprint density at radius 2 is 1.23 bits per heavy atom. The lowest BCUT2D eigenvalue weighted by Crippen LogP contribution is -2.55. The topological polar surface area (TPSA) is 44.8 Å². The molecule has 1 aliphatic rings. The third-order valence-corrected chi connectivity index (χ3v) is 16.4. The van der Waals surface area contributed by atoms with Crippen molar-refractivity contribution in [2.45, 2.75) is 116 Å². The molecule has 1 aliphatic carbocycles. The molecule has 1 saturated carbocycles. The SMILES string of the molecule is CC(C)(C)[Si](C)(C)O[C@@H]1CC(OCc2ccccc2)C[C@@H](O[Si](C)(C)C(C)(C)C)C1=O. The lowest BCUT2D eigenvalue weighted by Gasteiger charge is -2.45. The van der Waals surface area contributed by atoms with Crippen LogP contribution in [0, 0.1) is 0 Å². The Labute approximate surface area is 192 Å². The molecule has 0 spiro atoms. The van der Waals surface area contributed by atoms with E-state index in [-0.39, 0.29) is 22.0 Å². The molecule has 0 aromatic heterocycles. The molecule has 0 bridgehead atoms. The third-order valence-electron chi connectivity index (χ3n) is 7.40. The molecule has 4 nitrogen and oxygen atoms in total. The van der Waals surface area contributed by atoms with Crippen LogP contribution < -0.4 is 0 Å². The van der Waals surface area contributed by atoms with Gasteiger partial charge in [0.15, 0.2) is 22.4 Å². The highest BCUT2D eigenvalue weighted by molar-refractivity contribution is 6.74. The standard InChI is InChI=1S/C25H44O4Si2/c1-24(2,3)30(7,8)28-21-16-20(27-18-19-14-12-11-13-15-19)17-22(23(21)26)29-31(9,10)25(4,5)6/h11-15,20-22H,16-18H2,1-10H3/t21-,22-/m1/s1. The molecule has 0 radical (unpaired) electrons. The first kappa shape index (κ1) is 26.5. The number of carbonyl (C=O) groups is 1. The molecule has 0 heterocycles. The zero-order valence-electron chi connectivity index (χ0n) is 21.4. The summed E-state index contributed by atoms with van der Waals surface area (Å²) in [6.45, 7) is 22.6. The Morgan fingerprint density at radius 1 is 0.806 bits per heavy atom. The van der Waals surface area contributed by atoms with Crippen LogP contribution in [0.25, 0.3) is 0 Å². The monoisotopic (exact) mass is 464 g/mol. The molecular formula is C25H44O4Si2. The van der Waals surface area contributed by atoms with E-state index in [1.165, 1.54) is 0 Å². The summed E-state index contributed by atoms with van der Waals surface area (Å²) >= 11 is 0. The van der Waals surface area contributed by atoms with Crippen LogP contribution >= 0.6 is 0 Å². The fourth-order valence-corrected chi connectivity index (χ4v) is 5.77. The Bertz CT molecular complexity index is 692. The first-order valence-electron chi connectivity index (χ1n) is 11.6. The van der Waals surface area contributed by atoms with Gasteiger partial charge in [0.2, 0.25) is 0 Å². The van der Waals surface area contributed by atoms with E-state index in [2.05, 4.69) is 79.9 Å². The summed E-state index contributed by atoms with van der Waals surface area (Å²) in [4.78, 5) is 13.5. The number of carbonyl (C=O) groups excluding carboxylic acids is 1. The lowest BCUT2D eigenvalue weighted by molar-refractivity contribution is -0.144. The van der Waals surface area contributed by atoms with E-state index in [4.69, 9.17) is 13.6 Å². The first-order valence-corrected chi connectivity index (χ1v) is 17.4. The summed E-state index contributed by atoms with van der Waals surface area (Å²) in [5, 5.41) is 0.0851. The van der Waals surface area contributed by atoms with Crippen molar-refractivity contribution in [2.24, 2.45) is 0 Å². The van der Waals surface area contributed by atoms with E-state index in [9.17, 15) is 4.79 Å². The summed E-state index contributed by atoms with van der Waals surface area (Å²) in [5.41, 5.74) is 1.14. The second kappa shape index (κ2) is 9.60. The molecular weight excluding hydrogens is 420 g/mol. The molecule has 2 rings (SSSR count). The van der Waals surface area contributed by atoms with E-state index in [0.29, 0.717) is 19.4 Å². The minimum Gasteiger partial charge on any atom is -0.407 e. The maximum absolute atomic E-state index is 13.5. The van der Waals surface area contributed by atoms with Crippen molar-refractivity contribution in [3.63, 3.8) is 0 Å². The number of Topliss-reactive ketones (excluding diaryl/α,β-unsaturated/α-hetero) is 1. The first-order chi connectivity index (χ1) is 14.0. The molecule has 6 heteroatoms. The highest BCUT2D eigenvalue weighted by Crippen LogP contribution is 2.41. The Balaban J connectivity index is 2.22. The van der Waals surface area contributed by atoms with Crippen molar-refractivity contribution in [3.05, 3.63) is 35.9 Å². The molecule has 1 fully saturated rings. The molecule has 1 aromatic rings. The largest absolute Gasteiger partial charge is 0.407 e. The second-order valence-corrected chi connectivity index (χ2v) is 21.5. The summed E-state index contributed by atoms with van der Waals surface area (Å²) in [6, 6.07) is 10.2. The fraction of sp³-hybridized carbons (Fsp3) is 0.720. The fourth-order valence-electron chi connectivity index (χ4n) is 3.22. The minimum atomic E-state index is -2.10. The predicted molar refractivity (Wildman–Crippen MR) is 133 cm³/mol. The molecule has 0 aliphatic heterocycles. The van der Waals surface area contributed by atoms with Crippen molar-refractivity contribution in [1.29, 1.82) is 0 Å². The van der Waals surface area contributed by atoms with Gasteiger partial charge in [-0.3, -0.25) is 4.79 Å². The van der Waals surface area contributed by atoms with Crippen LogP contribution in [0.1, 0.15) is 59.9 Å². The van der Waals surface area contributed by atoms with Crippen molar-refractivity contribution >= 4 is 22.4 Å². The average molecular weight is 465 g/mol. The number of hydrogen-bond acceptors (Lipinski definition) is 4. The Hall–Kier alpha value is -0.796. The highest BCUT2D eigenvalue weighted by atomic mass is 28.4. The normalized spacial score (nSPS) is 23.8. The van der Waals surface area contributed by atoms with Gasteiger partial charge in [-0.05, 0) is 41.8 Å². The van der Waals surface area contributed by atoms with Crippen molar-refractivity contribution in [1.82, 2.24) is 0 Å². The highest BCUT2D eigenvalue weighted by Gasteiger charge is 2.48. The third kappa shape index (κ3) is 6.84. The second-order valence-electron chi connectivity index (χ2n) is 12.0. The van der Waals surface area contributed by atoms with E-state index in [1.807, 2.05) is 18.2 Å². The van der Waals surface area contributed by atoms with Gasteiger partial charge in [-0.15, -0.1) is 0 Å². The van der Waals surface area contributed by atoms with Crippen LogP contribution in [0.15, 0.2) is 30.3 Å². The van der Waals surface area contributed by atoms with E-state index >= 15 is 0 Å². The lowest BCUT2D eigenvalue weighted by atomic mass is 9.91. The van der Waals surface area contributed by atoms with E-state index in [0.717, 1.165) is 5.56 Å². The Kier molecular flexibility index (Phi) is 8.19. The van der Waals surface area contributed by atoms with Crippen molar-refractivity contribution in [2.75, 3.05) is 0 Å². The summed E-state index contributed by atoms with van der Waals surface area (Å²) in [6.07, 6.45) is 0.253. The van der Waals surface area contributed by atoms with Gasteiger partial charge >= 0.3 is 0 Å². The molecule has 0 unspecified atom stereocenters. The molecule has 0 N–H and O–H groups in total. The van der Waals surface area contributed by atoms with Gasteiger partial charge in [0.1, 0.15) is 12.2 Å². The van der Waals surface area contributed by atoms with Crippen LogP contribution in [0.3, 0.4) is 0 Å². The minimum absolute atomic E-state index is 0.0426. The van der Waals surface area contributed by atoms with E-state index in [1.54, 1.807) is 0 Å². The number of ketones is 1. The van der Waals surface area contributed by atoms with Gasteiger partial charge in [0.05, 0.1) is 12.7 Å². The maximum Gasteiger partial charge on any atom is 0.193 e. The molecule has 0 saturated heterocycles. The smallest absolute Gasteiger partial charge is 0.193 e. The van der Waals surface area contributed by atoms with Crippen molar-refractivity contribution < 1.29 is 18.4 Å². The van der Waals surface area contributed by atoms with Gasteiger partial charge in [0, 0.05) is 12.8 Å². The maximum atomic E-state index is 13.5. The number of ether oxygens (including phenoxy) is 1. The van der Waals surface area contributed by atoms with Gasteiger partial charge in [0.25, 0.3) is 0 Å². The Morgan fingerprint density at radius 3 is 1.61 bits per heavy atom. The van der Waals surface area contributed by atoms with Crippen LogP contribution in [0.4, 0.5) is 0 Å². The van der Waals surface area contributed by atoms with Gasteiger partial charge in [-0.25, -0.2) is 0 Å². The number of benzene rings is 1. The predicted octanol–water partition coefficient (Wildman–Crippen LogP) is 6.72. The summed E-state index contributed by atoms with van der Waals surface area (Å²) in [5.74, 6) is 0.106. The van der Waals surface area contributed by atoms with Gasteiger partial charge in [-0.2, -0.15) is 0 Å². The van der Waals surface area contributed by atoms with E-state index < -0.39 is 28.8 Å². The van der Waals surface area contributed by atoms with Gasteiger partial charge in [-0.1, -0.05) is 71.9 Å². The van der Waals surface area contributed by atoms with Crippen LogP contribution in [0.5, 0.6) is 0 Å². The zero-order chi connectivity index (χ0) is 23.7. The van der Waals surface area contributed by atoms with Crippen LogP contribution in [0.2, 0.25) is 36.3 Å². The van der Waals surface area contributed by atoms with Crippen molar-refractivity contribution in [3.8, 4) is 0 Å². The number of rotatable bonds is 7. The summed E-state index contributed by atoms with van der Waals surface area (Å²) in [7, 11) is -4.19. The summed E-state index contributed by atoms with van der Waals surface area (Å²) < 4.78 is 19.5. The molecule has 0 amide bonds. The quantitative estimate of drug-likeness (QED) is 0.420. The average Bonchev–Trinajstić information content (AvgIpc) is 2.62. The number of hydrogen-bond donors (Lipinski definition) is 0. The molecule has 31 heavy (non-hydrogen) atoms. The molecule has 2 atom stereocenters. The molecule has 176 valence electrons. The van der Waals surface area contributed by atoms with Gasteiger partial charge < -0.3 is 13.6 Å². The van der Waals surface area contributed by atoms with Crippen LogP contribution in [-0.4, -0.2) is 40.7 Å². The zero-order valence-corrected chi connectivity index (χ0v) is 23.4. The molecule has 1 aromatic carbocycles. The van der Waals surface area contributed by atoms with Crippen LogP contribution in [-0.2, 0) is 25.0 Å².